The van der Waals surface area contributed by atoms with E-state index in [4.69, 9.17) is 4.74 Å². The molecule has 18 heavy (non-hydrogen) atoms. The molecule has 1 aliphatic carbocycles. The molecule has 0 aromatic rings. The lowest BCUT2D eigenvalue weighted by Crippen LogP contribution is -2.36. The highest BCUT2D eigenvalue weighted by Gasteiger charge is 2.35. The monoisotopic (exact) mass is 256 g/mol. The van der Waals surface area contributed by atoms with Crippen molar-refractivity contribution in [2.45, 2.75) is 78.4 Å². The molecule has 3 unspecified atom stereocenters. The van der Waals surface area contributed by atoms with Crippen molar-refractivity contribution in [2.75, 3.05) is 7.11 Å². The highest BCUT2D eigenvalue weighted by molar-refractivity contribution is 4.86. The van der Waals surface area contributed by atoms with Crippen molar-refractivity contribution in [3.63, 3.8) is 0 Å². The van der Waals surface area contributed by atoms with Gasteiger partial charge >= 0.3 is 0 Å². The molecule has 2 nitrogen and oxygen atoms in total. The fraction of sp³-hybridized carbons (Fsp3) is 1.00. The summed E-state index contributed by atoms with van der Waals surface area (Å²) in [5.74, 6) is 1.20. The van der Waals surface area contributed by atoms with Crippen LogP contribution in [0.4, 0.5) is 0 Å². The fourth-order valence-electron chi connectivity index (χ4n) is 2.98. The summed E-state index contributed by atoms with van der Waals surface area (Å²) in [5.41, 5.74) is 0.309. The average molecular weight is 256 g/mol. The van der Waals surface area contributed by atoms with Crippen LogP contribution in [0, 0.1) is 17.3 Å². The number of rotatable bonds is 4. The summed E-state index contributed by atoms with van der Waals surface area (Å²) in [5, 5.41) is 10.2. The minimum atomic E-state index is -0.101. The van der Waals surface area contributed by atoms with Crippen molar-refractivity contribution < 1.29 is 9.84 Å². The van der Waals surface area contributed by atoms with Crippen LogP contribution in [0.2, 0.25) is 0 Å². The van der Waals surface area contributed by atoms with Crippen LogP contribution < -0.4 is 0 Å². The molecule has 1 fully saturated rings. The lowest BCUT2D eigenvalue weighted by Gasteiger charge is -2.41. The predicted octanol–water partition coefficient (Wildman–Crippen LogP) is 4.01. The van der Waals surface area contributed by atoms with Gasteiger partial charge in [0.05, 0.1) is 11.7 Å². The molecule has 0 bridgehead atoms. The van der Waals surface area contributed by atoms with E-state index in [-0.39, 0.29) is 11.7 Å². The molecule has 1 rings (SSSR count). The second kappa shape index (κ2) is 5.92. The molecule has 1 aliphatic rings. The van der Waals surface area contributed by atoms with Crippen LogP contribution in [0.5, 0.6) is 0 Å². The molecule has 0 saturated heterocycles. The Balaban J connectivity index is 2.53. The quantitative estimate of drug-likeness (QED) is 0.823. The van der Waals surface area contributed by atoms with E-state index in [0.717, 1.165) is 25.2 Å². The van der Waals surface area contributed by atoms with Gasteiger partial charge in [0.2, 0.25) is 0 Å². The number of methoxy groups -OCH3 is 1. The smallest absolute Gasteiger partial charge is 0.0622 e. The van der Waals surface area contributed by atoms with E-state index in [1.54, 1.807) is 7.11 Å². The molecule has 2 heteroatoms. The fourth-order valence-corrected chi connectivity index (χ4v) is 2.98. The summed E-state index contributed by atoms with van der Waals surface area (Å²) in [4.78, 5) is 0. The number of ether oxygens (including phenoxy) is 1. The second-order valence-electron chi connectivity index (χ2n) is 7.71. The van der Waals surface area contributed by atoms with Crippen LogP contribution >= 0.6 is 0 Å². The lowest BCUT2D eigenvalue weighted by molar-refractivity contribution is -0.0175. The largest absolute Gasteiger partial charge is 0.393 e. The zero-order valence-electron chi connectivity index (χ0n) is 13.1. The molecule has 0 amide bonds. The van der Waals surface area contributed by atoms with Crippen LogP contribution in [0.3, 0.4) is 0 Å². The maximum Gasteiger partial charge on any atom is 0.0622 e. The minimum Gasteiger partial charge on any atom is -0.393 e. The Morgan fingerprint density at radius 3 is 2.22 bits per heavy atom. The third-order valence-electron chi connectivity index (χ3n) is 4.84. The molecule has 108 valence electrons. The SMILES string of the molecule is COC(C)(C)CCC1CC(C(C)(C)C)CCC1O. The van der Waals surface area contributed by atoms with Gasteiger partial charge in [-0.15, -0.1) is 0 Å². The van der Waals surface area contributed by atoms with Crippen molar-refractivity contribution in [3.05, 3.63) is 0 Å². The first-order valence-electron chi connectivity index (χ1n) is 7.39. The Morgan fingerprint density at radius 2 is 1.72 bits per heavy atom. The highest BCUT2D eigenvalue weighted by Crippen LogP contribution is 2.42. The first-order valence-corrected chi connectivity index (χ1v) is 7.39. The van der Waals surface area contributed by atoms with Crippen molar-refractivity contribution in [1.29, 1.82) is 0 Å². The molecule has 1 saturated carbocycles. The van der Waals surface area contributed by atoms with Gasteiger partial charge in [0.25, 0.3) is 0 Å². The molecular weight excluding hydrogens is 224 g/mol. The molecule has 3 atom stereocenters. The zero-order valence-corrected chi connectivity index (χ0v) is 13.1. The molecule has 1 N–H and O–H groups in total. The third kappa shape index (κ3) is 4.55. The maximum absolute atomic E-state index is 10.2. The van der Waals surface area contributed by atoms with E-state index in [2.05, 4.69) is 34.6 Å². The van der Waals surface area contributed by atoms with Crippen molar-refractivity contribution in [2.24, 2.45) is 17.3 Å². The van der Waals surface area contributed by atoms with E-state index in [9.17, 15) is 5.11 Å². The van der Waals surface area contributed by atoms with Crippen molar-refractivity contribution >= 4 is 0 Å². The number of hydrogen-bond donors (Lipinski definition) is 1. The summed E-state index contributed by atoms with van der Waals surface area (Å²) >= 11 is 0. The van der Waals surface area contributed by atoms with E-state index < -0.39 is 0 Å². The van der Waals surface area contributed by atoms with Gasteiger partial charge in [0, 0.05) is 7.11 Å². The second-order valence-corrected chi connectivity index (χ2v) is 7.71. The van der Waals surface area contributed by atoms with Gasteiger partial charge in [-0.1, -0.05) is 20.8 Å². The Kier molecular flexibility index (Phi) is 5.25. The van der Waals surface area contributed by atoms with E-state index >= 15 is 0 Å². The molecule has 0 aliphatic heterocycles. The summed E-state index contributed by atoms with van der Waals surface area (Å²) in [6.45, 7) is 11.2. The Hall–Kier alpha value is -0.0800. The maximum atomic E-state index is 10.2. The summed E-state index contributed by atoms with van der Waals surface area (Å²) in [7, 11) is 1.77. The van der Waals surface area contributed by atoms with E-state index in [1.165, 1.54) is 12.8 Å². The molecule has 0 aromatic carbocycles. The Bertz CT molecular complexity index is 252. The Labute approximate surface area is 113 Å². The molecule has 0 spiro atoms. The van der Waals surface area contributed by atoms with Crippen LogP contribution in [0.25, 0.3) is 0 Å². The number of aliphatic hydroxyl groups excluding tert-OH is 1. The van der Waals surface area contributed by atoms with Crippen molar-refractivity contribution in [3.8, 4) is 0 Å². The van der Waals surface area contributed by atoms with Crippen LogP contribution in [-0.4, -0.2) is 23.9 Å². The topological polar surface area (TPSA) is 29.5 Å². The summed E-state index contributed by atoms with van der Waals surface area (Å²) in [6.07, 6.45) is 5.33. The van der Waals surface area contributed by atoms with Gasteiger partial charge in [-0.25, -0.2) is 0 Å². The summed E-state index contributed by atoms with van der Waals surface area (Å²) < 4.78 is 5.48. The third-order valence-corrected chi connectivity index (χ3v) is 4.84. The van der Waals surface area contributed by atoms with Gasteiger partial charge < -0.3 is 9.84 Å². The van der Waals surface area contributed by atoms with E-state index in [1.807, 2.05) is 0 Å². The first kappa shape index (κ1) is 16.0. The van der Waals surface area contributed by atoms with Crippen LogP contribution in [0.15, 0.2) is 0 Å². The standard InChI is InChI=1S/C16H32O2/c1-15(2,3)13-7-8-14(17)12(11-13)9-10-16(4,5)18-6/h12-14,17H,7-11H2,1-6H3. The van der Waals surface area contributed by atoms with E-state index in [0.29, 0.717) is 11.3 Å². The van der Waals surface area contributed by atoms with Crippen molar-refractivity contribution in [1.82, 2.24) is 0 Å². The molecule has 0 aromatic heterocycles. The van der Waals surface area contributed by atoms with Gasteiger partial charge in [0.15, 0.2) is 0 Å². The number of hydrogen-bond acceptors (Lipinski definition) is 2. The van der Waals surface area contributed by atoms with Gasteiger partial charge in [0.1, 0.15) is 0 Å². The van der Waals surface area contributed by atoms with Crippen LogP contribution in [-0.2, 0) is 4.74 Å². The lowest BCUT2D eigenvalue weighted by atomic mass is 9.67. The molecule has 0 heterocycles. The molecule has 0 radical (unpaired) electrons. The normalized spacial score (nSPS) is 30.5. The van der Waals surface area contributed by atoms with Crippen LogP contribution in [0.1, 0.15) is 66.7 Å². The zero-order chi connectivity index (χ0) is 14.0. The highest BCUT2D eigenvalue weighted by atomic mass is 16.5. The minimum absolute atomic E-state index is 0.0611. The van der Waals surface area contributed by atoms with Gasteiger partial charge in [-0.3, -0.25) is 0 Å². The van der Waals surface area contributed by atoms with Gasteiger partial charge in [-0.2, -0.15) is 0 Å². The predicted molar refractivity (Wildman–Crippen MR) is 76.6 cm³/mol. The Morgan fingerprint density at radius 1 is 1.11 bits per heavy atom. The first-order chi connectivity index (χ1) is 8.15. The van der Waals surface area contributed by atoms with Gasteiger partial charge in [-0.05, 0) is 63.2 Å². The summed E-state index contributed by atoms with van der Waals surface area (Å²) in [6, 6.07) is 0. The molecular formula is C16H32O2. The number of aliphatic hydroxyl groups is 1. The average Bonchev–Trinajstić information content (AvgIpc) is 2.26.